The van der Waals surface area contributed by atoms with Crippen LogP contribution in [0.4, 0.5) is 0 Å². The minimum atomic E-state index is -0.280. The third-order valence-electron chi connectivity index (χ3n) is 8.60. The predicted molar refractivity (Wildman–Crippen MR) is 132 cm³/mol. The second-order valence-corrected chi connectivity index (χ2v) is 10.1. The molecule has 3 aliphatic carbocycles. The number of hydrogen-bond donors (Lipinski definition) is 0. The third-order valence-corrected chi connectivity index (χ3v) is 8.60. The fourth-order valence-corrected chi connectivity index (χ4v) is 6.87. The van der Waals surface area contributed by atoms with Gasteiger partial charge in [-0.2, -0.15) is 0 Å². The Balaban J connectivity index is 1.48. The average Bonchev–Trinajstić information content (AvgIpc) is 3.12. The lowest BCUT2D eigenvalue weighted by Crippen LogP contribution is -2.42. The first-order valence-corrected chi connectivity index (χ1v) is 12.2. The zero-order chi connectivity index (χ0) is 24.0. The Morgan fingerprint density at radius 3 is 2.32 bits per heavy atom. The van der Waals surface area contributed by atoms with Gasteiger partial charge in [0.1, 0.15) is 5.75 Å². The van der Waals surface area contributed by atoms with Crippen LogP contribution in [0.3, 0.4) is 0 Å². The van der Waals surface area contributed by atoms with Gasteiger partial charge in [0.25, 0.3) is 0 Å². The maximum Gasteiger partial charge on any atom is 0.203 e. The number of ether oxygens (including phenoxy) is 4. The van der Waals surface area contributed by atoms with Gasteiger partial charge in [-0.25, -0.2) is 0 Å². The van der Waals surface area contributed by atoms with Gasteiger partial charge < -0.3 is 18.9 Å². The molecule has 0 amide bonds. The first-order chi connectivity index (χ1) is 16.4. The molecular weight excluding hydrogens is 428 g/mol. The van der Waals surface area contributed by atoms with E-state index < -0.39 is 0 Å². The first-order valence-electron chi connectivity index (χ1n) is 12.2. The highest BCUT2D eigenvalue weighted by Gasteiger charge is 2.56. The Morgan fingerprint density at radius 1 is 0.941 bits per heavy atom. The summed E-state index contributed by atoms with van der Waals surface area (Å²) < 4.78 is 21.9. The van der Waals surface area contributed by atoms with Crippen molar-refractivity contribution in [2.45, 2.75) is 44.9 Å². The van der Waals surface area contributed by atoms with E-state index in [1.165, 1.54) is 11.1 Å². The Kier molecular flexibility index (Phi) is 5.83. The Bertz CT molecular complexity index is 1120. The van der Waals surface area contributed by atoms with Gasteiger partial charge in [-0.3, -0.25) is 4.79 Å². The van der Waals surface area contributed by atoms with Crippen LogP contribution in [-0.2, 0) is 11.2 Å². The SMILES string of the molecule is COc1ccc2c(c1)CC[C@@H]1[C@@H]2CC[C@]2(C)C(=O)C(=Cc3cc(OC)c(OC)c(OC)c3)C[C@@H]12. The molecule has 0 N–H and O–H groups in total. The number of carbonyl (C=O) groups excluding carboxylic acids is 1. The van der Waals surface area contributed by atoms with Gasteiger partial charge >= 0.3 is 0 Å². The lowest BCUT2D eigenvalue weighted by atomic mass is 9.55. The molecule has 2 aromatic carbocycles. The van der Waals surface area contributed by atoms with Crippen molar-refractivity contribution in [1.82, 2.24) is 0 Å². The van der Waals surface area contributed by atoms with Gasteiger partial charge in [0.05, 0.1) is 28.4 Å². The van der Waals surface area contributed by atoms with Crippen LogP contribution in [0.1, 0.15) is 55.2 Å². The standard InChI is InChI=1S/C29H34O5/c1-29-11-10-22-21-9-7-20(31-2)15-18(21)6-8-23(22)24(29)16-19(28(29)30)12-17-13-25(32-3)27(34-5)26(14-17)33-4/h7,9,12-15,22-24H,6,8,10-11,16H2,1-5H3/t22-,23-,24+,29+/m1/s1. The van der Waals surface area contributed by atoms with Crippen molar-refractivity contribution >= 4 is 11.9 Å². The molecule has 34 heavy (non-hydrogen) atoms. The molecule has 2 aromatic rings. The summed E-state index contributed by atoms with van der Waals surface area (Å²) in [5.74, 6) is 4.45. The van der Waals surface area contributed by atoms with Crippen molar-refractivity contribution in [3.8, 4) is 23.0 Å². The smallest absolute Gasteiger partial charge is 0.203 e. The largest absolute Gasteiger partial charge is 0.497 e. The molecule has 0 saturated heterocycles. The normalized spacial score (nSPS) is 28.7. The summed E-state index contributed by atoms with van der Waals surface area (Å²) in [7, 11) is 6.55. The van der Waals surface area contributed by atoms with E-state index in [-0.39, 0.29) is 5.41 Å². The Morgan fingerprint density at radius 2 is 1.68 bits per heavy atom. The molecule has 2 fully saturated rings. The molecule has 3 aliphatic rings. The van der Waals surface area contributed by atoms with Crippen LogP contribution < -0.4 is 18.9 Å². The topological polar surface area (TPSA) is 54.0 Å². The molecule has 4 atom stereocenters. The predicted octanol–water partition coefficient (Wildman–Crippen LogP) is 5.84. The van der Waals surface area contributed by atoms with E-state index in [2.05, 4.69) is 25.1 Å². The van der Waals surface area contributed by atoms with Crippen molar-refractivity contribution in [2.75, 3.05) is 28.4 Å². The van der Waals surface area contributed by atoms with Crippen LogP contribution in [0.15, 0.2) is 35.9 Å². The number of carbonyl (C=O) groups is 1. The quantitative estimate of drug-likeness (QED) is 0.523. The lowest BCUT2D eigenvalue weighted by Gasteiger charge is -2.48. The highest BCUT2D eigenvalue weighted by Crippen LogP contribution is 2.61. The third kappa shape index (κ3) is 3.48. The van der Waals surface area contributed by atoms with E-state index in [0.717, 1.165) is 49.0 Å². The van der Waals surface area contributed by atoms with Crippen molar-refractivity contribution in [2.24, 2.45) is 17.3 Å². The summed E-state index contributed by atoms with van der Waals surface area (Å²) in [6, 6.07) is 10.4. The maximum atomic E-state index is 13.7. The second kappa shape index (κ2) is 8.68. The Labute approximate surface area is 202 Å². The summed E-state index contributed by atoms with van der Waals surface area (Å²) >= 11 is 0. The number of allylic oxidation sites excluding steroid dienone is 1. The van der Waals surface area contributed by atoms with Crippen LogP contribution >= 0.6 is 0 Å². The van der Waals surface area contributed by atoms with Gasteiger partial charge in [-0.1, -0.05) is 13.0 Å². The van der Waals surface area contributed by atoms with Gasteiger partial charge in [0, 0.05) is 5.41 Å². The molecule has 5 nitrogen and oxygen atoms in total. The fraction of sp³-hybridized carbons (Fsp3) is 0.483. The van der Waals surface area contributed by atoms with Crippen LogP contribution in [-0.4, -0.2) is 34.2 Å². The van der Waals surface area contributed by atoms with Crippen molar-refractivity contribution in [3.05, 3.63) is 52.6 Å². The van der Waals surface area contributed by atoms with Crippen molar-refractivity contribution in [1.29, 1.82) is 0 Å². The molecule has 180 valence electrons. The molecule has 5 rings (SSSR count). The highest BCUT2D eigenvalue weighted by molar-refractivity contribution is 6.06. The maximum absolute atomic E-state index is 13.7. The number of methoxy groups -OCH3 is 4. The molecule has 0 aliphatic heterocycles. The zero-order valence-electron chi connectivity index (χ0n) is 20.8. The first kappa shape index (κ1) is 22.8. The molecule has 0 aromatic heterocycles. The number of benzene rings is 2. The van der Waals surface area contributed by atoms with Gasteiger partial charge in [-0.15, -0.1) is 0 Å². The fourth-order valence-electron chi connectivity index (χ4n) is 6.87. The molecule has 0 spiro atoms. The van der Waals surface area contributed by atoms with Crippen LogP contribution in [0.5, 0.6) is 23.0 Å². The molecule has 0 heterocycles. The van der Waals surface area contributed by atoms with Crippen molar-refractivity contribution < 1.29 is 23.7 Å². The summed E-state index contributed by atoms with van der Waals surface area (Å²) in [6.07, 6.45) is 7.07. The monoisotopic (exact) mass is 462 g/mol. The highest BCUT2D eigenvalue weighted by atomic mass is 16.5. The van der Waals surface area contributed by atoms with E-state index >= 15 is 0 Å². The van der Waals surface area contributed by atoms with E-state index in [4.69, 9.17) is 18.9 Å². The number of hydrogen-bond acceptors (Lipinski definition) is 5. The molecule has 2 saturated carbocycles. The second-order valence-electron chi connectivity index (χ2n) is 10.1. The van der Waals surface area contributed by atoms with Gasteiger partial charge in [-0.05, 0) is 102 Å². The summed E-state index contributed by atoms with van der Waals surface area (Å²) in [5, 5.41) is 0. The Hall–Kier alpha value is -2.95. The summed E-state index contributed by atoms with van der Waals surface area (Å²) in [6.45, 7) is 2.20. The molecule has 0 bridgehead atoms. The van der Waals surface area contributed by atoms with E-state index in [1.54, 1.807) is 28.4 Å². The summed E-state index contributed by atoms with van der Waals surface area (Å²) in [4.78, 5) is 13.7. The molecular formula is C29H34O5. The van der Waals surface area contributed by atoms with E-state index in [0.29, 0.717) is 40.8 Å². The van der Waals surface area contributed by atoms with Crippen molar-refractivity contribution in [3.63, 3.8) is 0 Å². The van der Waals surface area contributed by atoms with Crippen LogP contribution in [0.2, 0.25) is 0 Å². The number of aryl methyl sites for hydroxylation is 1. The number of Topliss-reactive ketones (excluding diaryl/α,β-unsaturated/α-hetero) is 1. The van der Waals surface area contributed by atoms with Gasteiger partial charge in [0.2, 0.25) is 5.75 Å². The van der Waals surface area contributed by atoms with E-state index in [9.17, 15) is 4.79 Å². The zero-order valence-corrected chi connectivity index (χ0v) is 20.8. The van der Waals surface area contributed by atoms with Gasteiger partial charge in [0.15, 0.2) is 17.3 Å². The molecule has 5 heteroatoms. The van der Waals surface area contributed by atoms with Crippen LogP contribution in [0, 0.1) is 17.3 Å². The van der Waals surface area contributed by atoms with E-state index in [1.807, 2.05) is 18.2 Å². The minimum Gasteiger partial charge on any atom is -0.497 e. The number of fused-ring (bicyclic) bond motifs is 5. The lowest BCUT2D eigenvalue weighted by molar-refractivity contribution is -0.127. The molecule has 0 unspecified atom stereocenters. The van der Waals surface area contributed by atoms with Crippen LogP contribution in [0.25, 0.3) is 6.08 Å². The average molecular weight is 463 g/mol. The summed E-state index contributed by atoms with van der Waals surface area (Å²) in [5.41, 5.74) is 4.42. The number of rotatable bonds is 5. The minimum absolute atomic E-state index is 0.280. The number of ketones is 1. The molecule has 0 radical (unpaired) electrons.